The van der Waals surface area contributed by atoms with Crippen molar-refractivity contribution in [1.29, 1.82) is 0 Å². The summed E-state index contributed by atoms with van der Waals surface area (Å²) >= 11 is 5.83. The quantitative estimate of drug-likeness (QED) is 0.890. The van der Waals surface area contributed by atoms with Crippen molar-refractivity contribution in [2.24, 2.45) is 0 Å². The van der Waals surface area contributed by atoms with Gasteiger partial charge in [-0.15, -0.1) is 0 Å². The Morgan fingerprint density at radius 3 is 2.75 bits per heavy atom. The van der Waals surface area contributed by atoms with Crippen LogP contribution in [0, 0.1) is 6.92 Å². The number of hydrogen-bond acceptors (Lipinski definition) is 3. The molecule has 4 heteroatoms. The van der Waals surface area contributed by atoms with E-state index in [0.29, 0.717) is 22.5 Å². The third-order valence-electron chi connectivity index (χ3n) is 2.14. The van der Waals surface area contributed by atoms with Crippen LogP contribution in [0.5, 0.6) is 11.7 Å². The molecule has 0 fully saturated rings. The lowest BCUT2D eigenvalue weighted by atomic mass is 10.2. The van der Waals surface area contributed by atoms with E-state index in [1.54, 1.807) is 24.3 Å². The number of ether oxygens (including phenoxy) is 1. The van der Waals surface area contributed by atoms with Crippen molar-refractivity contribution >= 4 is 11.6 Å². The van der Waals surface area contributed by atoms with Crippen molar-refractivity contribution in [1.82, 2.24) is 0 Å². The maximum atomic E-state index is 8.84. The van der Waals surface area contributed by atoms with Gasteiger partial charge in [-0.05, 0) is 36.8 Å². The van der Waals surface area contributed by atoms with Crippen LogP contribution in [0.3, 0.4) is 0 Å². The molecule has 0 bridgehead atoms. The maximum Gasteiger partial charge on any atom is 0.290 e. The SMILES string of the molecule is Cc1cc(Cl)ccc1Oc1ccc(CO)o1. The van der Waals surface area contributed by atoms with E-state index in [2.05, 4.69) is 0 Å². The highest BCUT2D eigenvalue weighted by atomic mass is 35.5. The summed E-state index contributed by atoms with van der Waals surface area (Å²) < 4.78 is 10.7. The first kappa shape index (κ1) is 11.0. The third kappa shape index (κ3) is 2.38. The van der Waals surface area contributed by atoms with Gasteiger partial charge in [0, 0.05) is 11.1 Å². The van der Waals surface area contributed by atoms with Gasteiger partial charge in [-0.1, -0.05) is 11.6 Å². The zero-order chi connectivity index (χ0) is 11.5. The predicted molar refractivity (Wildman–Crippen MR) is 60.9 cm³/mol. The van der Waals surface area contributed by atoms with Crippen LogP contribution >= 0.6 is 11.6 Å². The molecular weight excluding hydrogens is 228 g/mol. The summed E-state index contributed by atoms with van der Waals surface area (Å²) in [5.74, 6) is 1.51. The number of hydrogen-bond donors (Lipinski definition) is 1. The first-order valence-corrected chi connectivity index (χ1v) is 5.20. The fourth-order valence-corrected chi connectivity index (χ4v) is 1.56. The Hall–Kier alpha value is -1.45. The van der Waals surface area contributed by atoms with E-state index in [-0.39, 0.29) is 6.61 Å². The smallest absolute Gasteiger partial charge is 0.290 e. The summed E-state index contributed by atoms with van der Waals surface area (Å²) in [7, 11) is 0. The number of benzene rings is 1. The minimum absolute atomic E-state index is 0.136. The zero-order valence-electron chi connectivity index (χ0n) is 8.74. The van der Waals surface area contributed by atoms with Gasteiger partial charge < -0.3 is 14.3 Å². The molecule has 1 heterocycles. The molecule has 1 aromatic heterocycles. The van der Waals surface area contributed by atoms with Crippen molar-refractivity contribution in [2.75, 3.05) is 0 Å². The van der Waals surface area contributed by atoms with Crippen LogP contribution in [-0.2, 0) is 6.61 Å². The molecule has 1 aromatic carbocycles. The second kappa shape index (κ2) is 4.60. The summed E-state index contributed by atoms with van der Waals surface area (Å²) in [4.78, 5) is 0. The van der Waals surface area contributed by atoms with Crippen molar-refractivity contribution in [3.05, 3.63) is 46.7 Å². The Labute approximate surface area is 98.2 Å². The lowest BCUT2D eigenvalue weighted by Crippen LogP contribution is -1.85. The summed E-state index contributed by atoms with van der Waals surface area (Å²) in [6, 6.07) is 8.67. The van der Waals surface area contributed by atoms with E-state index in [4.69, 9.17) is 25.9 Å². The molecule has 0 aliphatic carbocycles. The normalized spacial score (nSPS) is 10.4. The molecule has 0 unspecified atom stereocenters. The molecule has 84 valence electrons. The van der Waals surface area contributed by atoms with Crippen LogP contribution in [0.2, 0.25) is 5.02 Å². The lowest BCUT2D eigenvalue weighted by molar-refractivity contribution is 0.231. The van der Waals surface area contributed by atoms with Crippen LogP contribution in [0.25, 0.3) is 0 Å². The van der Waals surface area contributed by atoms with Crippen molar-refractivity contribution in [3.8, 4) is 11.7 Å². The standard InChI is InChI=1S/C12H11ClO3/c1-8-6-9(13)2-4-11(8)16-12-5-3-10(7-14)15-12/h2-6,14H,7H2,1H3. The molecule has 0 aliphatic rings. The van der Waals surface area contributed by atoms with Crippen molar-refractivity contribution < 1.29 is 14.3 Å². The first-order valence-electron chi connectivity index (χ1n) is 4.82. The third-order valence-corrected chi connectivity index (χ3v) is 2.38. The monoisotopic (exact) mass is 238 g/mol. The van der Waals surface area contributed by atoms with Gasteiger partial charge >= 0.3 is 0 Å². The van der Waals surface area contributed by atoms with E-state index in [1.807, 2.05) is 13.0 Å². The molecule has 2 aromatic rings. The van der Waals surface area contributed by atoms with Gasteiger partial charge in [0.25, 0.3) is 5.95 Å². The van der Waals surface area contributed by atoms with Crippen LogP contribution in [0.1, 0.15) is 11.3 Å². The van der Waals surface area contributed by atoms with Crippen molar-refractivity contribution in [2.45, 2.75) is 13.5 Å². The van der Waals surface area contributed by atoms with Gasteiger partial charge in [-0.2, -0.15) is 0 Å². The maximum absolute atomic E-state index is 8.84. The average Bonchev–Trinajstić information content (AvgIpc) is 2.70. The van der Waals surface area contributed by atoms with Gasteiger partial charge in [-0.25, -0.2) is 0 Å². The molecule has 0 spiro atoms. The highest BCUT2D eigenvalue weighted by molar-refractivity contribution is 6.30. The number of aryl methyl sites for hydroxylation is 1. The fourth-order valence-electron chi connectivity index (χ4n) is 1.33. The topological polar surface area (TPSA) is 42.6 Å². The first-order chi connectivity index (χ1) is 7.69. The van der Waals surface area contributed by atoms with Gasteiger partial charge in [0.2, 0.25) is 0 Å². The van der Waals surface area contributed by atoms with Crippen LogP contribution in [0.15, 0.2) is 34.7 Å². The van der Waals surface area contributed by atoms with E-state index in [1.165, 1.54) is 0 Å². The number of aliphatic hydroxyl groups excluding tert-OH is 1. The van der Waals surface area contributed by atoms with Crippen molar-refractivity contribution in [3.63, 3.8) is 0 Å². The highest BCUT2D eigenvalue weighted by Crippen LogP contribution is 2.28. The van der Waals surface area contributed by atoms with Gasteiger partial charge in [0.15, 0.2) is 0 Å². The minimum Gasteiger partial charge on any atom is -0.428 e. The summed E-state index contributed by atoms with van der Waals surface area (Å²) in [6.45, 7) is 1.76. The average molecular weight is 239 g/mol. The van der Waals surface area contributed by atoms with E-state index in [9.17, 15) is 0 Å². The van der Waals surface area contributed by atoms with E-state index >= 15 is 0 Å². The Bertz CT molecular complexity index is 491. The molecule has 1 N–H and O–H groups in total. The van der Waals surface area contributed by atoms with E-state index in [0.717, 1.165) is 5.56 Å². The Morgan fingerprint density at radius 2 is 2.12 bits per heavy atom. The molecule has 2 rings (SSSR count). The van der Waals surface area contributed by atoms with Gasteiger partial charge in [-0.3, -0.25) is 0 Å². The van der Waals surface area contributed by atoms with E-state index < -0.39 is 0 Å². The largest absolute Gasteiger partial charge is 0.428 e. The molecule has 0 atom stereocenters. The molecule has 0 aliphatic heterocycles. The molecule has 0 saturated heterocycles. The van der Waals surface area contributed by atoms with Crippen LogP contribution in [0.4, 0.5) is 0 Å². The molecule has 0 radical (unpaired) electrons. The molecular formula is C12H11ClO3. The second-order valence-electron chi connectivity index (χ2n) is 3.39. The lowest BCUT2D eigenvalue weighted by Gasteiger charge is -2.05. The van der Waals surface area contributed by atoms with Crippen LogP contribution < -0.4 is 4.74 Å². The highest BCUT2D eigenvalue weighted by Gasteiger charge is 2.06. The fraction of sp³-hybridized carbons (Fsp3) is 0.167. The molecule has 16 heavy (non-hydrogen) atoms. The Balaban J connectivity index is 2.20. The zero-order valence-corrected chi connectivity index (χ0v) is 9.49. The molecule has 0 saturated carbocycles. The summed E-state index contributed by atoms with van der Waals surface area (Å²) in [5.41, 5.74) is 0.925. The molecule has 3 nitrogen and oxygen atoms in total. The summed E-state index contributed by atoms with van der Waals surface area (Å²) in [6.07, 6.45) is 0. The second-order valence-corrected chi connectivity index (χ2v) is 3.83. The predicted octanol–water partition coefficient (Wildman–Crippen LogP) is 3.53. The number of rotatable bonds is 3. The molecule has 0 amide bonds. The Kier molecular flexibility index (Phi) is 3.17. The number of furan rings is 1. The number of halogens is 1. The van der Waals surface area contributed by atoms with Crippen LogP contribution in [-0.4, -0.2) is 5.11 Å². The van der Waals surface area contributed by atoms with Gasteiger partial charge in [0.05, 0.1) is 0 Å². The number of aliphatic hydroxyl groups is 1. The Morgan fingerprint density at radius 1 is 1.31 bits per heavy atom. The minimum atomic E-state index is -0.136. The summed E-state index contributed by atoms with van der Waals surface area (Å²) in [5, 5.41) is 9.51. The van der Waals surface area contributed by atoms with Gasteiger partial charge in [0.1, 0.15) is 18.1 Å².